The summed E-state index contributed by atoms with van der Waals surface area (Å²) in [5.74, 6) is 0.320. The third kappa shape index (κ3) is 2.64. The molecule has 17 heavy (non-hydrogen) atoms. The van der Waals surface area contributed by atoms with Crippen LogP contribution in [-0.4, -0.2) is 40.1 Å². The van der Waals surface area contributed by atoms with Gasteiger partial charge in [0.15, 0.2) is 0 Å². The van der Waals surface area contributed by atoms with E-state index in [1.54, 1.807) is 23.2 Å². The number of carbonyl (C=O) groups is 1. The zero-order chi connectivity index (χ0) is 12.4. The lowest BCUT2D eigenvalue weighted by Crippen LogP contribution is -2.45. The molecule has 1 saturated heterocycles. The Morgan fingerprint density at radius 2 is 2.29 bits per heavy atom. The predicted octanol–water partition coefficient (Wildman–Crippen LogP) is 1.23. The molecule has 0 aromatic carbocycles. The van der Waals surface area contributed by atoms with E-state index >= 15 is 0 Å². The van der Waals surface area contributed by atoms with Crippen molar-refractivity contribution in [3.8, 4) is 0 Å². The van der Waals surface area contributed by atoms with E-state index in [-0.39, 0.29) is 5.91 Å². The van der Waals surface area contributed by atoms with E-state index in [9.17, 15) is 9.90 Å². The molecule has 2 rings (SSSR count). The minimum absolute atomic E-state index is 0.0267. The number of hydrogen-bond acceptors (Lipinski definition) is 3. The topological polar surface area (TPSA) is 53.4 Å². The highest BCUT2D eigenvalue weighted by molar-refractivity contribution is 5.95. The maximum Gasteiger partial charge on any atom is 0.255 e. The van der Waals surface area contributed by atoms with Gasteiger partial charge in [0.25, 0.3) is 5.91 Å². The first-order valence-corrected chi connectivity index (χ1v) is 5.97. The maximum atomic E-state index is 12.3. The standard InChI is InChI=1S/C13H18N2O2/c1-9-6-11(16)8-15(7-9)13(17)12-4-3-5-14-10(12)2/h3-5,9,11,16H,6-8H2,1-2H3/t9-,11+/m1/s1. The number of amides is 1. The SMILES string of the molecule is Cc1ncccc1C(=O)N1C[C@H](C)C[C@H](O)C1. The van der Waals surface area contributed by atoms with Gasteiger partial charge in [-0.25, -0.2) is 0 Å². The second-order valence-corrected chi connectivity index (χ2v) is 4.84. The number of aryl methyl sites for hydroxylation is 1. The van der Waals surface area contributed by atoms with Gasteiger partial charge in [-0.15, -0.1) is 0 Å². The molecule has 1 fully saturated rings. The molecule has 1 amide bonds. The normalized spacial score (nSPS) is 24.8. The molecule has 4 nitrogen and oxygen atoms in total. The second kappa shape index (κ2) is 4.84. The van der Waals surface area contributed by atoms with E-state index < -0.39 is 6.10 Å². The number of carbonyl (C=O) groups excluding carboxylic acids is 1. The van der Waals surface area contributed by atoms with Crippen LogP contribution in [0.25, 0.3) is 0 Å². The maximum absolute atomic E-state index is 12.3. The van der Waals surface area contributed by atoms with Gasteiger partial charge in [-0.2, -0.15) is 0 Å². The number of aliphatic hydroxyl groups excluding tert-OH is 1. The van der Waals surface area contributed by atoms with Gasteiger partial charge in [0.1, 0.15) is 0 Å². The van der Waals surface area contributed by atoms with Gasteiger partial charge in [-0.05, 0) is 31.4 Å². The van der Waals surface area contributed by atoms with Gasteiger partial charge >= 0.3 is 0 Å². The number of piperidine rings is 1. The van der Waals surface area contributed by atoms with Crippen molar-refractivity contribution >= 4 is 5.91 Å². The fourth-order valence-corrected chi connectivity index (χ4v) is 2.37. The van der Waals surface area contributed by atoms with Gasteiger partial charge in [0.05, 0.1) is 11.7 Å². The van der Waals surface area contributed by atoms with Crippen LogP contribution in [0.1, 0.15) is 29.4 Å². The number of nitrogens with zero attached hydrogens (tertiary/aromatic N) is 2. The van der Waals surface area contributed by atoms with Gasteiger partial charge < -0.3 is 10.0 Å². The number of aromatic nitrogens is 1. The van der Waals surface area contributed by atoms with Gasteiger partial charge in [0, 0.05) is 25.0 Å². The lowest BCUT2D eigenvalue weighted by molar-refractivity contribution is 0.0338. The number of hydrogen-bond donors (Lipinski definition) is 1. The molecular formula is C13H18N2O2. The van der Waals surface area contributed by atoms with Crippen LogP contribution in [0.15, 0.2) is 18.3 Å². The Bertz CT molecular complexity index is 410. The average molecular weight is 234 g/mol. The Morgan fingerprint density at radius 1 is 1.53 bits per heavy atom. The van der Waals surface area contributed by atoms with Crippen LogP contribution >= 0.6 is 0 Å². The Balaban J connectivity index is 2.17. The molecule has 1 aliphatic heterocycles. The van der Waals surface area contributed by atoms with Crippen LogP contribution in [0, 0.1) is 12.8 Å². The zero-order valence-corrected chi connectivity index (χ0v) is 10.3. The minimum Gasteiger partial charge on any atom is -0.391 e. The van der Waals surface area contributed by atoms with Crippen LogP contribution in [-0.2, 0) is 0 Å². The molecule has 1 aliphatic rings. The van der Waals surface area contributed by atoms with Gasteiger partial charge in [-0.1, -0.05) is 6.92 Å². The molecule has 92 valence electrons. The molecular weight excluding hydrogens is 216 g/mol. The molecule has 2 heterocycles. The number of rotatable bonds is 1. The molecule has 0 bridgehead atoms. The predicted molar refractivity (Wildman–Crippen MR) is 64.7 cm³/mol. The Hall–Kier alpha value is -1.42. The first-order valence-electron chi connectivity index (χ1n) is 5.97. The van der Waals surface area contributed by atoms with E-state index in [1.807, 2.05) is 6.92 Å². The van der Waals surface area contributed by atoms with Crippen LogP contribution < -0.4 is 0 Å². The molecule has 1 aromatic rings. The molecule has 0 spiro atoms. The number of pyridine rings is 1. The summed E-state index contributed by atoms with van der Waals surface area (Å²) in [7, 11) is 0. The van der Waals surface area contributed by atoms with E-state index in [2.05, 4.69) is 11.9 Å². The van der Waals surface area contributed by atoms with Crippen LogP contribution in [0.3, 0.4) is 0 Å². The van der Waals surface area contributed by atoms with E-state index in [0.29, 0.717) is 24.6 Å². The fraction of sp³-hybridized carbons (Fsp3) is 0.538. The van der Waals surface area contributed by atoms with Crippen molar-refractivity contribution < 1.29 is 9.90 Å². The summed E-state index contributed by atoms with van der Waals surface area (Å²) < 4.78 is 0. The number of aliphatic hydroxyl groups is 1. The average Bonchev–Trinajstić information content (AvgIpc) is 2.27. The summed E-state index contributed by atoms with van der Waals surface area (Å²) >= 11 is 0. The fourth-order valence-electron chi connectivity index (χ4n) is 2.37. The molecule has 1 aromatic heterocycles. The zero-order valence-electron chi connectivity index (χ0n) is 10.3. The minimum atomic E-state index is -0.403. The van der Waals surface area contributed by atoms with Crippen molar-refractivity contribution in [3.05, 3.63) is 29.6 Å². The van der Waals surface area contributed by atoms with E-state index in [4.69, 9.17) is 0 Å². The number of likely N-dealkylation sites (tertiary alicyclic amines) is 1. The van der Waals surface area contributed by atoms with Crippen molar-refractivity contribution in [2.45, 2.75) is 26.4 Å². The summed E-state index contributed by atoms with van der Waals surface area (Å²) in [4.78, 5) is 18.1. The summed E-state index contributed by atoms with van der Waals surface area (Å²) in [6, 6.07) is 3.56. The largest absolute Gasteiger partial charge is 0.391 e. The Labute approximate surface area is 101 Å². The lowest BCUT2D eigenvalue weighted by Gasteiger charge is -2.34. The second-order valence-electron chi connectivity index (χ2n) is 4.84. The van der Waals surface area contributed by atoms with Crippen molar-refractivity contribution in [2.24, 2.45) is 5.92 Å². The molecule has 0 unspecified atom stereocenters. The summed E-state index contributed by atoms with van der Waals surface area (Å²) in [6.45, 7) is 5.03. The highest BCUT2D eigenvalue weighted by Crippen LogP contribution is 2.19. The molecule has 0 saturated carbocycles. The quantitative estimate of drug-likeness (QED) is 0.795. The summed E-state index contributed by atoms with van der Waals surface area (Å²) in [6.07, 6.45) is 2.05. The third-order valence-electron chi connectivity index (χ3n) is 3.16. The first kappa shape index (κ1) is 12.0. The summed E-state index contributed by atoms with van der Waals surface area (Å²) in [5.41, 5.74) is 1.37. The van der Waals surface area contributed by atoms with Gasteiger partial charge in [-0.3, -0.25) is 9.78 Å². The van der Waals surface area contributed by atoms with Crippen molar-refractivity contribution in [3.63, 3.8) is 0 Å². The Morgan fingerprint density at radius 3 is 2.94 bits per heavy atom. The van der Waals surface area contributed by atoms with Crippen LogP contribution in [0.2, 0.25) is 0 Å². The smallest absolute Gasteiger partial charge is 0.255 e. The molecule has 0 radical (unpaired) electrons. The molecule has 1 N–H and O–H groups in total. The van der Waals surface area contributed by atoms with Crippen molar-refractivity contribution in [2.75, 3.05) is 13.1 Å². The third-order valence-corrected chi connectivity index (χ3v) is 3.16. The van der Waals surface area contributed by atoms with Crippen molar-refractivity contribution in [1.82, 2.24) is 9.88 Å². The molecule has 4 heteroatoms. The van der Waals surface area contributed by atoms with Crippen molar-refractivity contribution in [1.29, 1.82) is 0 Å². The lowest BCUT2D eigenvalue weighted by atomic mass is 9.97. The van der Waals surface area contributed by atoms with E-state index in [1.165, 1.54) is 0 Å². The van der Waals surface area contributed by atoms with Gasteiger partial charge in [0.2, 0.25) is 0 Å². The molecule has 2 atom stereocenters. The highest BCUT2D eigenvalue weighted by atomic mass is 16.3. The molecule has 0 aliphatic carbocycles. The first-order chi connectivity index (χ1) is 8.08. The summed E-state index contributed by atoms with van der Waals surface area (Å²) in [5, 5.41) is 9.71. The van der Waals surface area contributed by atoms with Crippen LogP contribution in [0.4, 0.5) is 0 Å². The van der Waals surface area contributed by atoms with E-state index in [0.717, 1.165) is 12.1 Å². The van der Waals surface area contributed by atoms with Crippen LogP contribution in [0.5, 0.6) is 0 Å². The monoisotopic (exact) mass is 234 g/mol. The number of β-amino-alcohol motifs (C(OH)–C–C–N with tert-alkyl or cyclic N) is 1. The Kier molecular flexibility index (Phi) is 3.43. The highest BCUT2D eigenvalue weighted by Gasteiger charge is 2.27.